The highest BCUT2D eigenvalue weighted by Gasteiger charge is 2.49. The van der Waals surface area contributed by atoms with Crippen LogP contribution in [0.25, 0.3) is 0 Å². The Morgan fingerprint density at radius 1 is 1.18 bits per heavy atom. The SMILES string of the molecule is Cc1cn(CC(=O)N2CC[C@@]3(CCCN(CC4CCC4)C3=O)C2)c(=O)[nH]c1=O. The van der Waals surface area contributed by atoms with Crippen molar-refractivity contribution in [3.05, 3.63) is 32.6 Å². The minimum absolute atomic E-state index is 0.119. The van der Waals surface area contributed by atoms with Gasteiger partial charge >= 0.3 is 5.69 Å². The topological polar surface area (TPSA) is 95.5 Å². The Balaban J connectivity index is 1.43. The Labute approximate surface area is 163 Å². The van der Waals surface area contributed by atoms with Crippen LogP contribution in [0.1, 0.15) is 44.1 Å². The second kappa shape index (κ2) is 7.22. The summed E-state index contributed by atoms with van der Waals surface area (Å²) in [4.78, 5) is 55.3. The van der Waals surface area contributed by atoms with Crippen molar-refractivity contribution in [2.45, 2.75) is 52.0 Å². The number of nitrogens with one attached hydrogen (secondary N) is 1. The van der Waals surface area contributed by atoms with Gasteiger partial charge in [0.05, 0.1) is 5.41 Å². The van der Waals surface area contributed by atoms with Gasteiger partial charge in [0.25, 0.3) is 5.56 Å². The van der Waals surface area contributed by atoms with E-state index >= 15 is 0 Å². The van der Waals surface area contributed by atoms with Crippen LogP contribution in [0.4, 0.5) is 0 Å². The molecule has 8 heteroatoms. The largest absolute Gasteiger partial charge is 0.342 e. The molecule has 2 amide bonds. The highest BCUT2D eigenvalue weighted by molar-refractivity contribution is 5.86. The first-order chi connectivity index (χ1) is 13.4. The molecule has 3 fully saturated rings. The number of likely N-dealkylation sites (tertiary alicyclic amines) is 2. The van der Waals surface area contributed by atoms with Gasteiger partial charge in [-0.3, -0.25) is 23.9 Å². The number of carbonyl (C=O) groups is 2. The Morgan fingerprint density at radius 3 is 2.68 bits per heavy atom. The van der Waals surface area contributed by atoms with Crippen LogP contribution in [-0.2, 0) is 16.1 Å². The highest BCUT2D eigenvalue weighted by atomic mass is 16.2. The zero-order valence-corrected chi connectivity index (χ0v) is 16.4. The van der Waals surface area contributed by atoms with Crippen molar-refractivity contribution in [2.24, 2.45) is 11.3 Å². The predicted octanol–water partition coefficient (Wildman–Crippen LogP) is 0.486. The van der Waals surface area contributed by atoms with E-state index in [1.54, 1.807) is 11.8 Å². The molecule has 3 heterocycles. The predicted molar refractivity (Wildman–Crippen MR) is 103 cm³/mol. The number of hydrogen-bond acceptors (Lipinski definition) is 4. The summed E-state index contributed by atoms with van der Waals surface area (Å²) >= 11 is 0. The van der Waals surface area contributed by atoms with E-state index in [0.717, 1.165) is 25.9 Å². The van der Waals surface area contributed by atoms with Crippen LogP contribution in [0.2, 0.25) is 0 Å². The first-order valence-electron chi connectivity index (χ1n) is 10.3. The average molecular weight is 388 g/mol. The standard InChI is InChI=1S/C20H28N4O4/c1-14-10-24(19(28)21-17(14)26)12-16(25)23-9-7-20(13-23)6-3-8-22(18(20)27)11-15-4-2-5-15/h10,15H,2-9,11-13H2,1H3,(H,21,26,28)/t20-/m0/s1. The molecule has 1 aliphatic carbocycles. The molecule has 4 rings (SSSR count). The van der Waals surface area contributed by atoms with Gasteiger partial charge in [0.2, 0.25) is 11.8 Å². The van der Waals surface area contributed by atoms with Gasteiger partial charge in [0, 0.05) is 37.9 Å². The number of rotatable bonds is 4. The molecule has 8 nitrogen and oxygen atoms in total. The maximum Gasteiger partial charge on any atom is 0.328 e. The third-order valence-corrected chi connectivity index (χ3v) is 6.73. The number of amides is 2. The summed E-state index contributed by atoms with van der Waals surface area (Å²) < 4.78 is 1.23. The summed E-state index contributed by atoms with van der Waals surface area (Å²) in [6.07, 6.45) is 7.62. The Hall–Kier alpha value is -2.38. The fraction of sp³-hybridized carbons (Fsp3) is 0.700. The molecule has 0 aromatic carbocycles. The minimum Gasteiger partial charge on any atom is -0.342 e. The van der Waals surface area contributed by atoms with Gasteiger partial charge < -0.3 is 9.80 Å². The number of H-pyrrole nitrogens is 1. The maximum atomic E-state index is 13.2. The van der Waals surface area contributed by atoms with Gasteiger partial charge in [-0.1, -0.05) is 6.42 Å². The van der Waals surface area contributed by atoms with Crippen LogP contribution in [0.3, 0.4) is 0 Å². The fourth-order valence-electron chi connectivity index (χ4n) is 4.76. The van der Waals surface area contributed by atoms with Crippen LogP contribution in [0.5, 0.6) is 0 Å². The molecule has 0 radical (unpaired) electrons. The lowest BCUT2D eigenvalue weighted by atomic mass is 9.77. The van der Waals surface area contributed by atoms with E-state index in [4.69, 9.17) is 0 Å². The highest BCUT2D eigenvalue weighted by Crippen LogP contribution is 2.41. The lowest BCUT2D eigenvalue weighted by Gasteiger charge is -2.42. The molecule has 0 bridgehead atoms. The minimum atomic E-state index is -0.585. The van der Waals surface area contributed by atoms with Gasteiger partial charge in [-0.25, -0.2) is 4.79 Å². The van der Waals surface area contributed by atoms with Crippen molar-refractivity contribution in [3.63, 3.8) is 0 Å². The molecule has 1 saturated carbocycles. The van der Waals surface area contributed by atoms with Crippen LogP contribution in [0, 0.1) is 18.3 Å². The second-order valence-corrected chi connectivity index (χ2v) is 8.70. The van der Waals surface area contributed by atoms with E-state index in [1.807, 2.05) is 4.90 Å². The normalized spacial score (nSPS) is 25.4. The monoisotopic (exact) mass is 388 g/mol. The first-order valence-corrected chi connectivity index (χ1v) is 10.3. The van der Waals surface area contributed by atoms with Crippen LogP contribution in [0.15, 0.2) is 15.8 Å². The Bertz CT molecular complexity index is 900. The van der Waals surface area contributed by atoms with Crippen LogP contribution >= 0.6 is 0 Å². The molecular formula is C20H28N4O4. The van der Waals surface area contributed by atoms with Crippen LogP contribution in [-0.4, -0.2) is 57.3 Å². The average Bonchev–Trinajstić information content (AvgIpc) is 3.05. The van der Waals surface area contributed by atoms with Crippen molar-refractivity contribution >= 4 is 11.8 Å². The smallest absolute Gasteiger partial charge is 0.328 e. The number of aromatic nitrogens is 2. The summed E-state index contributed by atoms with van der Waals surface area (Å²) in [5.74, 6) is 0.668. The number of aromatic amines is 1. The maximum absolute atomic E-state index is 13.2. The first kappa shape index (κ1) is 19.0. The van der Waals surface area contributed by atoms with Gasteiger partial charge in [0.15, 0.2) is 0 Å². The number of piperidine rings is 1. The number of aryl methyl sites for hydroxylation is 1. The van der Waals surface area contributed by atoms with Crippen molar-refractivity contribution in [2.75, 3.05) is 26.2 Å². The van der Waals surface area contributed by atoms with Gasteiger partial charge in [-0.05, 0) is 44.9 Å². The zero-order valence-electron chi connectivity index (χ0n) is 16.4. The second-order valence-electron chi connectivity index (χ2n) is 8.70. The van der Waals surface area contributed by atoms with Gasteiger partial charge in [-0.2, -0.15) is 0 Å². The summed E-state index contributed by atoms with van der Waals surface area (Å²) in [6.45, 7) is 4.15. The summed E-state index contributed by atoms with van der Waals surface area (Å²) in [5.41, 5.74) is -1.09. The van der Waals surface area contributed by atoms with Crippen molar-refractivity contribution < 1.29 is 9.59 Å². The van der Waals surface area contributed by atoms with E-state index in [0.29, 0.717) is 31.0 Å². The number of nitrogens with zero attached hydrogens (tertiary/aromatic N) is 3. The Kier molecular flexibility index (Phi) is 4.89. The lowest BCUT2D eigenvalue weighted by Crippen LogP contribution is -2.52. The van der Waals surface area contributed by atoms with Crippen LogP contribution < -0.4 is 11.2 Å². The molecule has 3 aliphatic rings. The summed E-state index contributed by atoms with van der Waals surface area (Å²) in [5, 5.41) is 0. The lowest BCUT2D eigenvalue weighted by molar-refractivity contribution is -0.147. The molecule has 2 aliphatic heterocycles. The molecule has 1 spiro atoms. The van der Waals surface area contributed by atoms with Crippen molar-refractivity contribution in [1.29, 1.82) is 0 Å². The number of carbonyl (C=O) groups excluding carboxylic acids is 2. The summed E-state index contributed by atoms with van der Waals surface area (Å²) in [6, 6.07) is 0. The molecule has 1 aromatic rings. The van der Waals surface area contributed by atoms with Crippen molar-refractivity contribution in [1.82, 2.24) is 19.4 Å². The molecule has 1 atom stereocenters. The van der Waals surface area contributed by atoms with E-state index in [-0.39, 0.29) is 18.4 Å². The quantitative estimate of drug-likeness (QED) is 0.812. The molecule has 1 aromatic heterocycles. The summed E-state index contributed by atoms with van der Waals surface area (Å²) in [7, 11) is 0. The van der Waals surface area contributed by atoms with E-state index in [9.17, 15) is 19.2 Å². The molecule has 1 N–H and O–H groups in total. The van der Waals surface area contributed by atoms with E-state index < -0.39 is 16.7 Å². The molecule has 28 heavy (non-hydrogen) atoms. The van der Waals surface area contributed by atoms with E-state index in [2.05, 4.69) is 4.98 Å². The third-order valence-electron chi connectivity index (χ3n) is 6.73. The zero-order chi connectivity index (χ0) is 19.9. The molecule has 2 saturated heterocycles. The fourth-order valence-corrected chi connectivity index (χ4v) is 4.76. The Morgan fingerprint density at radius 2 is 1.96 bits per heavy atom. The molecule has 0 unspecified atom stereocenters. The third kappa shape index (κ3) is 3.40. The van der Waals surface area contributed by atoms with E-state index in [1.165, 1.54) is 30.0 Å². The molecular weight excluding hydrogens is 360 g/mol. The molecule has 152 valence electrons. The van der Waals surface area contributed by atoms with Gasteiger partial charge in [0.1, 0.15) is 6.54 Å². The van der Waals surface area contributed by atoms with Gasteiger partial charge in [-0.15, -0.1) is 0 Å². The van der Waals surface area contributed by atoms with Crippen molar-refractivity contribution in [3.8, 4) is 0 Å². The number of hydrogen-bond donors (Lipinski definition) is 1.